The van der Waals surface area contributed by atoms with Crippen LogP contribution in [0.4, 0.5) is 0 Å². The second-order valence-electron chi connectivity index (χ2n) is 7.77. The fourth-order valence-corrected chi connectivity index (χ4v) is 3.29. The van der Waals surface area contributed by atoms with Crippen LogP contribution >= 0.6 is 0 Å². The van der Waals surface area contributed by atoms with Crippen LogP contribution in [0.5, 0.6) is 0 Å². The molecule has 0 atom stereocenters. The number of para-hydroxylation sites is 1. The van der Waals surface area contributed by atoms with Crippen LogP contribution in [0, 0.1) is 0 Å². The zero-order valence-corrected chi connectivity index (χ0v) is 15.2. The molecule has 0 N–H and O–H groups in total. The van der Waals surface area contributed by atoms with Crippen LogP contribution in [0.15, 0.2) is 63.7 Å². The van der Waals surface area contributed by atoms with Crippen molar-refractivity contribution >= 4 is 21.9 Å². The fraction of sp³-hybridized carbons (Fsp3) is 0.318. The second kappa shape index (κ2) is 5.76. The Morgan fingerprint density at radius 1 is 0.960 bits per heavy atom. The van der Waals surface area contributed by atoms with Crippen molar-refractivity contribution in [2.24, 2.45) is 0 Å². The molecule has 0 aliphatic rings. The molecule has 3 heterocycles. The van der Waals surface area contributed by atoms with Gasteiger partial charge in [0.15, 0.2) is 18.9 Å². The lowest BCUT2D eigenvalue weighted by molar-refractivity contribution is -0.703. The number of pyridine rings is 1. The lowest BCUT2D eigenvalue weighted by atomic mass is 9.90. The quantitative estimate of drug-likeness (QED) is 0.457. The number of fused-ring (bicyclic) bond motifs is 2. The first-order valence-electron chi connectivity index (χ1n) is 8.84. The van der Waals surface area contributed by atoms with E-state index < -0.39 is 0 Å². The summed E-state index contributed by atoms with van der Waals surface area (Å²) in [6.07, 6.45) is 4.25. The highest BCUT2D eigenvalue weighted by molar-refractivity contribution is 5.78. The van der Waals surface area contributed by atoms with Gasteiger partial charge >= 0.3 is 0 Å². The summed E-state index contributed by atoms with van der Waals surface area (Å²) in [4.78, 5) is 0. The van der Waals surface area contributed by atoms with Crippen molar-refractivity contribution in [2.75, 3.05) is 0 Å². The van der Waals surface area contributed by atoms with Gasteiger partial charge in [0.05, 0.1) is 10.8 Å². The number of nitrogens with zero attached hydrogens (tertiary/aromatic N) is 1. The number of hydrogen-bond acceptors (Lipinski definition) is 2. The van der Waals surface area contributed by atoms with Crippen LogP contribution in [0.25, 0.3) is 21.9 Å². The molecule has 128 valence electrons. The third-order valence-electron chi connectivity index (χ3n) is 4.77. The topological polar surface area (TPSA) is 30.2 Å². The van der Waals surface area contributed by atoms with Crippen LogP contribution in [-0.4, -0.2) is 0 Å². The van der Waals surface area contributed by atoms with E-state index in [1.54, 1.807) is 0 Å². The number of benzene rings is 1. The van der Waals surface area contributed by atoms with Gasteiger partial charge in [-0.05, 0) is 32.0 Å². The van der Waals surface area contributed by atoms with Crippen LogP contribution in [0.1, 0.15) is 45.1 Å². The van der Waals surface area contributed by atoms with Gasteiger partial charge < -0.3 is 8.83 Å². The molecule has 0 aliphatic heterocycles. The summed E-state index contributed by atoms with van der Waals surface area (Å²) >= 11 is 0. The summed E-state index contributed by atoms with van der Waals surface area (Å²) in [6, 6.07) is 14.5. The maximum absolute atomic E-state index is 6.10. The Morgan fingerprint density at radius 3 is 2.48 bits per heavy atom. The van der Waals surface area contributed by atoms with E-state index in [-0.39, 0.29) is 5.41 Å². The molecule has 3 nitrogen and oxygen atoms in total. The molecule has 0 saturated heterocycles. The third kappa shape index (κ3) is 2.95. The average Bonchev–Trinajstić information content (AvgIpc) is 3.18. The average molecular weight is 334 g/mol. The van der Waals surface area contributed by atoms with Crippen molar-refractivity contribution in [3.05, 3.63) is 66.4 Å². The Labute approximate surface area is 147 Å². The van der Waals surface area contributed by atoms with E-state index in [9.17, 15) is 0 Å². The summed E-state index contributed by atoms with van der Waals surface area (Å²) < 4.78 is 14.2. The van der Waals surface area contributed by atoms with Gasteiger partial charge in [0.2, 0.25) is 0 Å². The normalized spacial score (nSPS) is 12.5. The molecule has 4 aromatic rings. The van der Waals surface area contributed by atoms with Gasteiger partial charge in [-0.2, -0.15) is 0 Å². The van der Waals surface area contributed by atoms with Gasteiger partial charge in [0.25, 0.3) is 0 Å². The standard InChI is InChI=1S/C22H24NO2/c1-15(2)20-11-17-13-23(10-9-19(17)24-20)14-22(3,4)21-12-16-7-5-6-8-18(16)25-21/h5-13,15H,14H2,1-4H3/q+1. The zero-order valence-electron chi connectivity index (χ0n) is 15.2. The van der Waals surface area contributed by atoms with E-state index in [4.69, 9.17) is 8.83 Å². The molecule has 0 unspecified atom stereocenters. The SMILES string of the molecule is CC(C)c1cc2c[n+](CC(C)(C)c3cc4ccccc4o3)ccc2o1. The van der Waals surface area contributed by atoms with Gasteiger partial charge in [-0.1, -0.05) is 32.0 Å². The maximum atomic E-state index is 6.10. The molecule has 0 spiro atoms. The summed E-state index contributed by atoms with van der Waals surface area (Å²) in [6.45, 7) is 9.57. The van der Waals surface area contributed by atoms with Gasteiger partial charge in [-0.15, -0.1) is 0 Å². The van der Waals surface area contributed by atoms with Crippen LogP contribution in [-0.2, 0) is 12.0 Å². The molecule has 4 rings (SSSR count). The highest BCUT2D eigenvalue weighted by atomic mass is 16.3. The summed E-state index contributed by atoms with van der Waals surface area (Å²) in [5, 5.41) is 2.30. The fourth-order valence-electron chi connectivity index (χ4n) is 3.29. The minimum Gasteiger partial charge on any atom is -0.460 e. The Hall–Kier alpha value is -2.55. The Morgan fingerprint density at radius 2 is 1.72 bits per heavy atom. The van der Waals surface area contributed by atoms with E-state index in [1.165, 1.54) is 0 Å². The van der Waals surface area contributed by atoms with E-state index in [2.05, 4.69) is 68.9 Å². The molecule has 0 amide bonds. The monoisotopic (exact) mass is 334 g/mol. The van der Waals surface area contributed by atoms with Crippen LogP contribution in [0.3, 0.4) is 0 Å². The Bertz CT molecular complexity index is 1000. The molecular weight excluding hydrogens is 310 g/mol. The highest BCUT2D eigenvalue weighted by Crippen LogP contribution is 2.30. The van der Waals surface area contributed by atoms with Gasteiger partial charge in [-0.3, -0.25) is 0 Å². The van der Waals surface area contributed by atoms with Gasteiger partial charge in [-0.25, -0.2) is 4.57 Å². The van der Waals surface area contributed by atoms with Crippen LogP contribution < -0.4 is 4.57 Å². The summed E-state index contributed by atoms with van der Waals surface area (Å²) in [5.41, 5.74) is 1.78. The number of hydrogen-bond donors (Lipinski definition) is 0. The van der Waals surface area contributed by atoms with E-state index >= 15 is 0 Å². The molecule has 1 aromatic carbocycles. The second-order valence-corrected chi connectivity index (χ2v) is 7.77. The first-order chi connectivity index (χ1) is 11.9. The first kappa shape index (κ1) is 15.9. The van der Waals surface area contributed by atoms with E-state index in [0.29, 0.717) is 5.92 Å². The van der Waals surface area contributed by atoms with Crippen molar-refractivity contribution in [1.82, 2.24) is 0 Å². The van der Waals surface area contributed by atoms with Crippen molar-refractivity contribution in [3.63, 3.8) is 0 Å². The molecule has 0 bridgehead atoms. The van der Waals surface area contributed by atoms with E-state index in [0.717, 1.165) is 40.0 Å². The van der Waals surface area contributed by atoms with Crippen molar-refractivity contribution in [1.29, 1.82) is 0 Å². The largest absolute Gasteiger partial charge is 0.460 e. The third-order valence-corrected chi connectivity index (χ3v) is 4.77. The molecule has 0 radical (unpaired) electrons. The lowest BCUT2D eigenvalue weighted by Gasteiger charge is -2.17. The first-order valence-corrected chi connectivity index (χ1v) is 8.84. The number of furan rings is 2. The van der Waals surface area contributed by atoms with Crippen molar-refractivity contribution in [3.8, 4) is 0 Å². The highest BCUT2D eigenvalue weighted by Gasteiger charge is 2.30. The lowest BCUT2D eigenvalue weighted by Crippen LogP contribution is -2.42. The molecule has 25 heavy (non-hydrogen) atoms. The molecule has 3 aromatic heterocycles. The molecule has 0 aliphatic carbocycles. The predicted molar refractivity (Wildman–Crippen MR) is 99.7 cm³/mol. The number of aromatic nitrogens is 1. The van der Waals surface area contributed by atoms with Crippen LogP contribution in [0.2, 0.25) is 0 Å². The van der Waals surface area contributed by atoms with Crippen molar-refractivity contribution < 1.29 is 13.4 Å². The molecule has 0 saturated carbocycles. The van der Waals surface area contributed by atoms with Gasteiger partial charge in [0, 0.05) is 17.4 Å². The Kier molecular flexibility index (Phi) is 3.68. The number of rotatable bonds is 4. The van der Waals surface area contributed by atoms with Gasteiger partial charge in [0.1, 0.15) is 22.7 Å². The maximum Gasteiger partial charge on any atom is 0.179 e. The van der Waals surface area contributed by atoms with E-state index in [1.807, 2.05) is 18.2 Å². The minimum atomic E-state index is -0.109. The smallest absolute Gasteiger partial charge is 0.179 e. The molecular formula is C22H24NO2+. The van der Waals surface area contributed by atoms with Crippen molar-refractivity contribution in [2.45, 2.75) is 45.6 Å². The predicted octanol–water partition coefficient (Wildman–Crippen LogP) is 5.57. The summed E-state index contributed by atoms with van der Waals surface area (Å²) in [5.74, 6) is 2.44. The molecule has 3 heteroatoms. The molecule has 0 fully saturated rings. The zero-order chi connectivity index (χ0) is 17.6. The minimum absolute atomic E-state index is 0.109. The Balaban J connectivity index is 1.66. The summed E-state index contributed by atoms with van der Waals surface area (Å²) in [7, 11) is 0.